The van der Waals surface area contributed by atoms with Gasteiger partial charge in [-0.15, -0.1) is 0 Å². The molecule has 0 radical (unpaired) electrons. The molecule has 26 heavy (non-hydrogen) atoms. The highest BCUT2D eigenvalue weighted by molar-refractivity contribution is 6.32. The minimum absolute atomic E-state index is 0.0491. The second kappa shape index (κ2) is 7.92. The Hall–Kier alpha value is -3.00. The minimum atomic E-state index is -0.461. The first-order valence-corrected chi connectivity index (χ1v) is 7.93. The number of hydrogen-bond acceptors (Lipinski definition) is 6. The summed E-state index contributed by atoms with van der Waals surface area (Å²) >= 11 is 5.88. The average molecular weight is 377 g/mol. The third-order valence-corrected chi connectivity index (χ3v) is 3.67. The van der Waals surface area contributed by atoms with Crippen LogP contribution in [0.1, 0.15) is 22.1 Å². The lowest BCUT2D eigenvalue weighted by atomic mass is 10.3. The Labute approximate surface area is 153 Å². The second-order valence-electron chi connectivity index (χ2n) is 5.35. The van der Waals surface area contributed by atoms with Gasteiger partial charge in [0.2, 0.25) is 5.89 Å². The van der Waals surface area contributed by atoms with Crippen LogP contribution in [-0.4, -0.2) is 32.8 Å². The summed E-state index contributed by atoms with van der Waals surface area (Å²) in [6.45, 7) is 0.239. The number of benzene rings is 1. The topological polar surface area (TPSA) is 81.4 Å². The van der Waals surface area contributed by atoms with Crippen LogP contribution >= 0.6 is 11.6 Å². The summed E-state index contributed by atoms with van der Waals surface area (Å²) in [6.07, 6.45) is 5.95. The van der Waals surface area contributed by atoms with E-state index in [0.29, 0.717) is 11.4 Å². The molecule has 0 unspecified atom stereocenters. The van der Waals surface area contributed by atoms with E-state index in [0.717, 1.165) is 6.07 Å². The molecule has 0 saturated carbocycles. The smallest absolute Gasteiger partial charge is 0.275 e. The fraction of sp³-hybridized carbons (Fsp3) is 0.176. The zero-order chi connectivity index (χ0) is 18.5. The van der Waals surface area contributed by atoms with Crippen LogP contribution in [0.2, 0.25) is 5.02 Å². The van der Waals surface area contributed by atoms with Crippen molar-refractivity contribution in [2.45, 2.75) is 13.2 Å². The van der Waals surface area contributed by atoms with Gasteiger partial charge >= 0.3 is 0 Å². The van der Waals surface area contributed by atoms with Gasteiger partial charge in [0.25, 0.3) is 5.91 Å². The highest BCUT2D eigenvalue weighted by Gasteiger charge is 2.18. The van der Waals surface area contributed by atoms with Crippen LogP contribution in [0.15, 0.2) is 47.5 Å². The van der Waals surface area contributed by atoms with Crippen LogP contribution in [-0.2, 0) is 13.2 Å². The Kier molecular flexibility index (Phi) is 5.43. The molecule has 0 aliphatic carbocycles. The number of aromatic nitrogens is 3. The van der Waals surface area contributed by atoms with Gasteiger partial charge in [0.1, 0.15) is 17.8 Å². The Bertz CT molecular complexity index is 904. The average Bonchev–Trinajstić information content (AvgIpc) is 3.10. The molecular formula is C17H14ClFN4O3. The number of ether oxygens (including phenoxy) is 1. The number of rotatable bonds is 6. The third-order valence-electron chi connectivity index (χ3n) is 3.38. The van der Waals surface area contributed by atoms with Crippen molar-refractivity contribution in [2.24, 2.45) is 0 Å². The maximum Gasteiger partial charge on any atom is 0.275 e. The van der Waals surface area contributed by atoms with Gasteiger partial charge in [-0.05, 0) is 18.2 Å². The van der Waals surface area contributed by atoms with Crippen LogP contribution in [0.3, 0.4) is 0 Å². The van der Waals surface area contributed by atoms with E-state index in [1.54, 1.807) is 25.6 Å². The molecule has 0 bridgehead atoms. The van der Waals surface area contributed by atoms with E-state index in [4.69, 9.17) is 20.8 Å². The molecule has 0 aliphatic heterocycles. The molecule has 3 aromatic rings. The summed E-state index contributed by atoms with van der Waals surface area (Å²) in [5.41, 5.74) is 0.793. The van der Waals surface area contributed by atoms with Gasteiger partial charge < -0.3 is 14.1 Å². The van der Waals surface area contributed by atoms with E-state index in [-0.39, 0.29) is 35.7 Å². The van der Waals surface area contributed by atoms with Crippen molar-refractivity contribution in [1.82, 2.24) is 19.9 Å². The maximum atomic E-state index is 13.0. The monoisotopic (exact) mass is 376 g/mol. The zero-order valence-electron chi connectivity index (χ0n) is 13.7. The van der Waals surface area contributed by atoms with Crippen molar-refractivity contribution in [1.29, 1.82) is 0 Å². The van der Waals surface area contributed by atoms with Gasteiger partial charge in [0.05, 0.1) is 23.5 Å². The Morgan fingerprint density at radius 2 is 2.23 bits per heavy atom. The van der Waals surface area contributed by atoms with Crippen molar-refractivity contribution in [3.8, 4) is 5.75 Å². The predicted molar refractivity (Wildman–Crippen MR) is 90.1 cm³/mol. The third kappa shape index (κ3) is 4.34. The van der Waals surface area contributed by atoms with Crippen LogP contribution in [0.25, 0.3) is 0 Å². The lowest BCUT2D eigenvalue weighted by Crippen LogP contribution is -2.27. The largest absolute Gasteiger partial charge is 0.482 e. The Morgan fingerprint density at radius 3 is 2.96 bits per heavy atom. The lowest BCUT2D eigenvalue weighted by Gasteiger charge is -2.14. The molecule has 0 saturated heterocycles. The second-order valence-corrected chi connectivity index (χ2v) is 5.76. The van der Waals surface area contributed by atoms with Crippen molar-refractivity contribution >= 4 is 17.5 Å². The van der Waals surface area contributed by atoms with Crippen LogP contribution in [0, 0.1) is 5.82 Å². The summed E-state index contributed by atoms with van der Waals surface area (Å²) in [6, 6.07) is 3.78. The fourth-order valence-corrected chi connectivity index (χ4v) is 2.35. The molecule has 7 nitrogen and oxygen atoms in total. The summed E-state index contributed by atoms with van der Waals surface area (Å²) in [5.74, 6) is -0.302. The lowest BCUT2D eigenvalue weighted by molar-refractivity contribution is 0.0777. The van der Waals surface area contributed by atoms with Crippen LogP contribution < -0.4 is 4.74 Å². The van der Waals surface area contributed by atoms with Crippen LogP contribution in [0.5, 0.6) is 5.75 Å². The van der Waals surface area contributed by atoms with Crippen molar-refractivity contribution in [3.05, 3.63) is 71.2 Å². The number of amides is 1. The highest BCUT2D eigenvalue weighted by atomic mass is 35.5. The maximum absolute atomic E-state index is 13.0. The van der Waals surface area contributed by atoms with Crippen molar-refractivity contribution in [3.63, 3.8) is 0 Å². The molecule has 0 aliphatic rings. The molecule has 134 valence electrons. The number of hydrogen-bond donors (Lipinski definition) is 0. The van der Waals surface area contributed by atoms with E-state index in [1.807, 2.05) is 0 Å². The Balaban J connectivity index is 1.60. The van der Waals surface area contributed by atoms with Gasteiger partial charge in [-0.25, -0.2) is 9.37 Å². The van der Waals surface area contributed by atoms with Crippen molar-refractivity contribution < 1.29 is 18.3 Å². The van der Waals surface area contributed by atoms with Gasteiger partial charge in [-0.3, -0.25) is 14.8 Å². The first kappa shape index (κ1) is 17.8. The van der Waals surface area contributed by atoms with E-state index < -0.39 is 5.82 Å². The summed E-state index contributed by atoms with van der Waals surface area (Å²) in [7, 11) is 1.63. The molecule has 0 atom stereocenters. The number of nitrogens with zero attached hydrogens (tertiary/aromatic N) is 4. The summed E-state index contributed by atoms with van der Waals surface area (Å²) < 4.78 is 23.7. The predicted octanol–water partition coefficient (Wildman–Crippen LogP) is 3.11. The molecule has 1 aromatic carbocycles. The normalized spacial score (nSPS) is 10.6. The van der Waals surface area contributed by atoms with E-state index >= 15 is 0 Å². The molecule has 2 heterocycles. The minimum Gasteiger partial charge on any atom is -0.482 e. The molecule has 3 rings (SSSR count). The number of carbonyl (C=O) groups is 1. The molecular weight excluding hydrogens is 363 g/mol. The molecule has 0 fully saturated rings. The molecule has 9 heteroatoms. The first-order chi connectivity index (χ1) is 12.5. The van der Waals surface area contributed by atoms with Gasteiger partial charge in [-0.1, -0.05) is 11.6 Å². The standard InChI is InChI=1S/C17H14ClFN4O3/c1-23(8-12-7-20-4-5-21-12)17(24)14-9-26-16(22-14)10-25-15-3-2-11(19)6-13(15)18/h2-7,9H,8,10H2,1H3. The fourth-order valence-electron chi connectivity index (χ4n) is 2.13. The highest BCUT2D eigenvalue weighted by Crippen LogP contribution is 2.25. The van der Waals surface area contributed by atoms with E-state index in [9.17, 15) is 9.18 Å². The molecule has 1 amide bonds. The van der Waals surface area contributed by atoms with E-state index in [2.05, 4.69) is 15.0 Å². The quantitative estimate of drug-likeness (QED) is 0.657. The van der Waals surface area contributed by atoms with Crippen molar-refractivity contribution in [2.75, 3.05) is 7.05 Å². The van der Waals surface area contributed by atoms with E-state index in [1.165, 1.54) is 23.3 Å². The van der Waals surface area contributed by atoms with Crippen LogP contribution in [0.4, 0.5) is 4.39 Å². The van der Waals surface area contributed by atoms with Gasteiger partial charge in [0.15, 0.2) is 12.3 Å². The molecule has 0 spiro atoms. The summed E-state index contributed by atoms with van der Waals surface area (Å²) in [5, 5.41) is 0.136. The number of halogens is 2. The molecule has 2 aromatic heterocycles. The zero-order valence-corrected chi connectivity index (χ0v) is 14.5. The van der Waals surface area contributed by atoms with Gasteiger partial charge in [0, 0.05) is 19.4 Å². The van der Waals surface area contributed by atoms with Gasteiger partial charge in [-0.2, -0.15) is 0 Å². The summed E-state index contributed by atoms with van der Waals surface area (Å²) in [4.78, 5) is 26.0. The number of carbonyl (C=O) groups excluding carboxylic acids is 1. The molecule has 0 N–H and O–H groups in total. The Morgan fingerprint density at radius 1 is 1.38 bits per heavy atom. The first-order valence-electron chi connectivity index (χ1n) is 7.55. The number of oxazole rings is 1. The SMILES string of the molecule is CN(Cc1cnccn1)C(=O)c1coc(COc2ccc(F)cc2Cl)n1.